The minimum Gasteiger partial charge on any atom is -0.493 e. The van der Waals surface area contributed by atoms with Gasteiger partial charge in [0.2, 0.25) is 0 Å². The summed E-state index contributed by atoms with van der Waals surface area (Å²) in [5, 5.41) is 3.21. The Labute approximate surface area is 114 Å². The van der Waals surface area contributed by atoms with Crippen molar-refractivity contribution in [2.75, 3.05) is 32.3 Å². The molecule has 0 aliphatic carbocycles. The predicted octanol–water partition coefficient (Wildman–Crippen LogP) is 1.23. The summed E-state index contributed by atoms with van der Waals surface area (Å²) in [5.74, 6) is 1.21. The van der Waals surface area contributed by atoms with Crippen LogP contribution in [-0.2, 0) is 16.4 Å². The number of benzene rings is 1. The maximum atomic E-state index is 11.1. The molecule has 5 nitrogen and oxygen atoms in total. The number of rotatable bonds is 8. The smallest absolute Gasteiger partial charge is 0.165 e. The second-order valence-electron chi connectivity index (χ2n) is 4.21. The Hall–Kier alpha value is -1.27. The molecular formula is C13H21NO4S. The summed E-state index contributed by atoms with van der Waals surface area (Å²) in [5.41, 5.74) is 0.953. The zero-order chi connectivity index (χ0) is 14.3. The normalized spacial score (nSPS) is 11.3. The Morgan fingerprint density at radius 2 is 2.05 bits per heavy atom. The molecule has 1 aromatic rings. The molecule has 0 atom stereocenters. The van der Waals surface area contributed by atoms with Gasteiger partial charge in [-0.2, -0.15) is 0 Å². The second kappa shape index (κ2) is 7.35. The summed E-state index contributed by atoms with van der Waals surface area (Å²) in [4.78, 5) is 0. The topological polar surface area (TPSA) is 64.6 Å². The van der Waals surface area contributed by atoms with E-state index in [0.717, 1.165) is 12.1 Å². The Morgan fingerprint density at radius 3 is 2.63 bits per heavy atom. The van der Waals surface area contributed by atoms with E-state index in [-0.39, 0.29) is 12.4 Å². The Balaban J connectivity index is 2.82. The first-order valence-corrected chi connectivity index (χ1v) is 8.21. The van der Waals surface area contributed by atoms with E-state index in [0.29, 0.717) is 18.0 Å². The van der Waals surface area contributed by atoms with Crippen LogP contribution in [0.2, 0.25) is 0 Å². The van der Waals surface area contributed by atoms with Crippen LogP contribution in [0.4, 0.5) is 0 Å². The highest BCUT2D eigenvalue weighted by Crippen LogP contribution is 2.31. The van der Waals surface area contributed by atoms with E-state index in [2.05, 4.69) is 5.32 Å². The van der Waals surface area contributed by atoms with E-state index in [1.54, 1.807) is 13.2 Å². The third-order valence-electron chi connectivity index (χ3n) is 2.55. The van der Waals surface area contributed by atoms with Crippen molar-refractivity contribution in [2.45, 2.75) is 13.5 Å². The van der Waals surface area contributed by atoms with Crippen molar-refractivity contribution in [3.8, 4) is 11.5 Å². The zero-order valence-electron chi connectivity index (χ0n) is 11.6. The highest BCUT2D eigenvalue weighted by atomic mass is 32.2. The van der Waals surface area contributed by atoms with Crippen LogP contribution in [0.3, 0.4) is 0 Å². The first-order valence-electron chi connectivity index (χ1n) is 6.15. The lowest BCUT2D eigenvalue weighted by Gasteiger charge is -2.15. The fourth-order valence-corrected chi connectivity index (χ4v) is 1.97. The number of nitrogens with one attached hydrogen (secondary N) is 1. The molecule has 0 aliphatic heterocycles. The van der Waals surface area contributed by atoms with Gasteiger partial charge >= 0.3 is 0 Å². The van der Waals surface area contributed by atoms with E-state index < -0.39 is 9.84 Å². The predicted molar refractivity (Wildman–Crippen MR) is 75.6 cm³/mol. The van der Waals surface area contributed by atoms with E-state index in [1.165, 1.54) is 6.26 Å². The van der Waals surface area contributed by atoms with Gasteiger partial charge in [0, 0.05) is 18.4 Å². The maximum Gasteiger partial charge on any atom is 0.165 e. The van der Waals surface area contributed by atoms with Crippen molar-refractivity contribution in [1.82, 2.24) is 5.32 Å². The maximum absolute atomic E-state index is 11.1. The fourth-order valence-electron chi connectivity index (χ4n) is 1.58. The number of para-hydroxylation sites is 1. The molecule has 0 spiro atoms. The van der Waals surface area contributed by atoms with Gasteiger partial charge in [-0.1, -0.05) is 19.1 Å². The van der Waals surface area contributed by atoms with E-state index in [9.17, 15) is 8.42 Å². The number of sulfone groups is 1. The summed E-state index contributed by atoms with van der Waals surface area (Å²) in [6.45, 7) is 3.64. The van der Waals surface area contributed by atoms with Crippen LogP contribution in [-0.4, -0.2) is 40.7 Å². The zero-order valence-corrected chi connectivity index (χ0v) is 12.4. The lowest BCUT2D eigenvalue weighted by Crippen LogP contribution is -2.16. The van der Waals surface area contributed by atoms with Gasteiger partial charge in [-0.3, -0.25) is 0 Å². The molecule has 0 aromatic heterocycles. The Bertz CT molecular complexity index is 499. The van der Waals surface area contributed by atoms with Crippen LogP contribution < -0.4 is 14.8 Å². The number of ether oxygens (including phenoxy) is 2. The number of hydrogen-bond acceptors (Lipinski definition) is 5. The number of hydrogen-bond donors (Lipinski definition) is 1. The van der Waals surface area contributed by atoms with E-state index in [4.69, 9.17) is 9.47 Å². The van der Waals surface area contributed by atoms with E-state index in [1.807, 2.05) is 19.1 Å². The third kappa shape index (κ3) is 5.48. The minimum atomic E-state index is -3.03. The second-order valence-corrected chi connectivity index (χ2v) is 6.47. The molecule has 19 heavy (non-hydrogen) atoms. The molecule has 0 saturated carbocycles. The van der Waals surface area contributed by atoms with Gasteiger partial charge in [0.05, 0.1) is 12.9 Å². The lowest BCUT2D eigenvalue weighted by molar-refractivity contribution is 0.307. The monoisotopic (exact) mass is 287 g/mol. The quantitative estimate of drug-likeness (QED) is 0.779. The third-order valence-corrected chi connectivity index (χ3v) is 3.45. The summed E-state index contributed by atoms with van der Waals surface area (Å²) >= 11 is 0. The molecule has 0 heterocycles. The fraction of sp³-hybridized carbons (Fsp3) is 0.538. The van der Waals surface area contributed by atoms with Crippen LogP contribution in [0.25, 0.3) is 0 Å². The summed E-state index contributed by atoms with van der Waals surface area (Å²) in [6.07, 6.45) is 1.19. The van der Waals surface area contributed by atoms with Gasteiger partial charge in [-0.15, -0.1) is 0 Å². The van der Waals surface area contributed by atoms with Gasteiger partial charge in [0.1, 0.15) is 6.61 Å². The van der Waals surface area contributed by atoms with Crippen molar-refractivity contribution in [3.05, 3.63) is 23.8 Å². The Morgan fingerprint density at radius 1 is 1.32 bits per heavy atom. The molecule has 0 saturated heterocycles. The van der Waals surface area contributed by atoms with Crippen molar-refractivity contribution in [1.29, 1.82) is 0 Å². The SMILES string of the molecule is CCNCc1cccc(OC)c1OCCS(C)(=O)=O. The van der Waals surface area contributed by atoms with Crippen LogP contribution in [0.5, 0.6) is 11.5 Å². The average Bonchev–Trinajstić information content (AvgIpc) is 2.35. The summed E-state index contributed by atoms with van der Waals surface area (Å²) in [7, 11) is -1.46. The van der Waals surface area contributed by atoms with E-state index >= 15 is 0 Å². The van der Waals surface area contributed by atoms with Gasteiger partial charge in [-0.05, 0) is 12.6 Å². The molecule has 1 N–H and O–H groups in total. The van der Waals surface area contributed by atoms with Crippen LogP contribution >= 0.6 is 0 Å². The average molecular weight is 287 g/mol. The molecule has 0 bridgehead atoms. The van der Waals surface area contributed by atoms with Crippen molar-refractivity contribution in [2.24, 2.45) is 0 Å². The molecule has 1 rings (SSSR count). The van der Waals surface area contributed by atoms with Gasteiger partial charge in [0.15, 0.2) is 21.3 Å². The molecule has 0 aliphatic rings. The van der Waals surface area contributed by atoms with Crippen LogP contribution in [0.1, 0.15) is 12.5 Å². The largest absolute Gasteiger partial charge is 0.493 e. The first-order chi connectivity index (χ1) is 8.98. The molecule has 1 aromatic carbocycles. The molecule has 0 fully saturated rings. The molecule has 0 radical (unpaired) electrons. The van der Waals surface area contributed by atoms with Gasteiger partial charge in [0.25, 0.3) is 0 Å². The highest BCUT2D eigenvalue weighted by Gasteiger charge is 2.11. The van der Waals surface area contributed by atoms with Crippen LogP contribution in [0.15, 0.2) is 18.2 Å². The summed E-state index contributed by atoms with van der Waals surface area (Å²) in [6, 6.07) is 5.61. The first kappa shape index (κ1) is 15.8. The van der Waals surface area contributed by atoms with Crippen molar-refractivity contribution >= 4 is 9.84 Å². The Kier molecular flexibility index (Phi) is 6.11. The molecule has 6 heteroatoms. The minimum absolute atomic E-state index is 0.00824. The van der Waals surface area contributed by atoms with Crippen LogP contribution in [0, 0.1) is 0 Å². The lowest BCUT2D eigenvalue weighted by atomic mass is 10.2. The standard InChI is InChI=1S/C13H21NO4S/c1-4-14-10-11-6-5-7-12(17-2)13(11)18-8-9-19(3,15)16/h5-7,14H,4,8-10H2,1-3H3. The highest BCUT2D eigenvalue weighted by molar-refractivity contribution is 7.90. The summed E-state index contributed by atoms with van der Waals surface area (Å²) < 4.78 is 33.1. The molecule has 108 valence electrons. The molecular weight excluding hydrogens is 266 g/mol. The van der Waals surface area contributed by atoms with Gasteiger partial charge in [-0.25, -0.2) is 8.42 Å². The molecule has 0 unspecified atom stereocenters. The van der Waals surface area contributed by atoms with Crippen molar-refractivity contribution in [3.63, 3.8) is 0 Å². The number of methoxy groups -OCH3 is 1. The van der Waals surface area contributed by atoms with Gasteiger partial charge < -0.3 is 14.8 Å². The molecule has 0 amide bonds. The van der Waals surface area contributed by atoms with Crippen molar-refractivity contribution < 1.29 is 17.9 Å².